The average molecular weight is 205 g/mol. The Labute approximate surface area is 94.1 Å². The van der Waals surface area contributed by atoms with Gasteiger partial charge in [-0.25, -0.2) is 4.98 Å². The van der Waals surface area contributed by atoms with Crippen LogP contribution >= 0.6 is 0 Å². The lowest BCUT2D eigenvalue weighted by atomic mass is 10.1. The monoisotopic (exact) mass is 205 g/mol. The molecule has 0 saturated carbocycles. The molecule has 0 N–H and O–H groups in total. The van der Waals surface area contributed by atoms with Gasteiger partial charge in [-0.3, -0.25) is 0 Å². The molecule has 1 nitrogen and oxygen atoms in total. The van der Waals surface area contributed by atoms with E-state index in [1.807, 2.05) is 36.4 Å². The fraction of sp³-hybridized carbons (Fsp3) is 0. The zero-order valence-corrected chi connectivity index (χ0v) is 8.85. The number of hydrogen-bond donors (Lipinski definition) is 0. The van der Waals surface area contributed by atoms with Crippen LogP contribution in [0.4, 0.5) is 0 Å². The molecular formula is C15H11N. The summed E-state index contributed by atoms with van der Waals surface area (Å²) in [6, 6.07) is 16.5. The number of benzene rings is 2. The Morgan fingerprint density at radius 3 is 2.62 bits per heavy atom. The van der Waals surface area contributed by atoms with Gasteiger partial charge in [-0.05, 0) is 23.8 Å². The maximum atomic E-state index is 4.64. The van der Waals surface area contributed by atoms with Gasteiger partial charge in [0.1, 0.15) is 0 Å². The predicted octanol–water partition coefficient (Wildman–Crippen LogP) is 4.03. The molecule has 0 bridgehead atoms. The summed E-state index contributed by atoms with van der Waals surface area (Å²) in [5, 5.41) is 2.33. The van der Waals surface area contributed by atoms with Gasteiger partial charge in [0.15, 0.2) is 0 Å². The van der Waals surface area contributed by atoms with Crippen molar-refractivity contribution in [2.75, 3.05) is 0 Å². The third-order valence-corrected chi connectivity index (χ3v) is 2.81. The number of rotatable bonds is 1. The SMILES string of the molecule is C=Cc1cccc2nc3ccccc3cc12. The van der Waals surface area contributed by atoms with E-state index in [2.05, 4.69) is 29.8 Å². The van der Waals surface area contributed by atoms with Crippen molar-refractivity contribution in [1.82, 2.24) is 4.98 Å². The minimum Gasteiger partial charge on any atom is -0.248 e. The van der Waals surface area contributed by atoms with Crippen molar-refractivity contribution < 1.29 is 0 Å². The van der Waals surface area contributed by atoms with E-state index in [0.717, 1.165) is 22.0 Å². The maximum Gasteiger partial charge on any atom is 0.0715 e. The third-order valence-electron chi connectivity index (χ3n) is 2.81. The van der Waals surface area contributed by atoms with Crippen molar-refractivity contribution in [3.8, 4) is 0 Å². The molecule has 3 aromatic rings. The first kappa shape index (κ1) is 9.10. The summed E-state index contributed by atoms with van der Waals surface area (Å²) >= 11 is 0. The van der Waals surface area contributed by atoms with Gasteiger partial charge in [0.25, 0.3) is 0 Å². The molecule has 0 saturated heterocycles. The van der Waals surface area contributed by atoms with E-state index in [9.17, 15) is 0 Å². The summed E-state index contributed by atoms with van der Waals surface area (Å²) in [7, 11) is 0. The van der Waals surface area contributed by atoms with Crippen molar-refractivity contribution in [3.05, 3.63) is 60.7 Å². The molecule has 0 amide bonds. The second-order valence-corrected chi connectivity index (χ2v) is 3.80. The topological polar surface area (TPSA) is 12.9 Å². The maximum absolute atomic E-state index is 4.64. The van der Waals surface area contributed by atoms with Gasteiger partial charge in [0, 0.05) is 10.8 Å². The number of para-hydroxylation sites is 1. The first-order valence-corrected chi connectivity index (χ1v) is 5.29. The van der Waals surface area contributed by atoms with Gasteiger partial charge in [-0.15, -0.1) is 0 Å². The van der Waals surface area contributed by atoms with E-state index in [-0.39, 0.29) is 0 Å². The van der Waals surface area contributed by atoms with Crippen LogP contribution in [0.1, 0.15) is 5.56 Å². The van der Waals surface area contributed by atoms with Gasteiger partial charge in [0.2, 0.25) is 0 Å². The molecule has 76 valence electrons. The van der Waals surface area contributed by atoms with Crippen LogP contribution in [0.5, 0.6) is 0 Å². The summed E-state index contributed by atoms with van der Waals surface area (Å²) in [6.45, 7) is 3.83. The molecule has 0 fully saturated rings. The van der Waals surface area contributed by atoms with E-state index in [1.54, 1.807) is 0 Å². The molecule has 0 atom stereocenters. The molecule has 0 unspecified atom stereocenters. The minimum atomic E-state index is 1.02. The number of aromatic nitrogens is 1. The molecular weight excluding hydrogens is 194 g/mol. The van der Waals surface area contributed by atoms with E-state index < -0.39 is 0 Å². The lowest BCUT2D eigenvalue weighted by Gasteiger charge is -2.03. The van der Waals surface area contributed by atoms with Crippen LogP contribution in [0.15, 0.2) is 55.1 Å². The highest BCUT2D eigenvalue weighted by molar-refractivity contribution is 5.96. The molecule has 1 heteroatoms. The largest absolute Gasteiger partial charge is 0.248 e. The summed E-state index contributed by atoms with van der Waals surface area (Å²) < 4.78 is 0. The molecule has 2 aromatic carbocycles. The highest BCUT2D eigenvalue weighted by atomic mass is 14.7. The summed E-state index contributed by atoms with van der Waals surface area (Å²) in [5.41, 5.74) is 3.20. The normalized spacial score (nSPS) is 10.8. The predicted molar refractivity (Wildman–Crippen MR) is 69.3 cm³/mol. The van der Waals surface area contributed by atoms with E-state index >= 15 is 0 Å². The smallest absolute Gasteiger partial charge is 0.0715 e. The molecule has 1 aromatic heterocycles. The quantitative estimate of drug-likeness (QED) is 0.546. The van der Waals surface area contributed by atoms with Gasteiger partial charge >= 0.3 is 0 Å². The van der Waals surface area contributed by atoms with Crippen molar-refractivity contribution in [2.45, 2.75) is 0 Å². The number of nitrogens with zero attached hydrogens (tertiary/aromatic N) is 1. The molecule has 16 heavy (non-hydrogen) atoms. The molecule has 0 aliphatic carbocycles. The Kier molecular flexibility index (Phi) is 1.97. The number of pyridine rings is 1. The van der Waals surface area contributed by atoms with Crippen molar-refractivity contribution in [2.24, 2.45) is 0 Å². The van der Waals surface area contributed by atoms with Crippen LogP contribution in [0, 0.1) is 0 Å². The molecule has 1 heterocycles. The number of fused-ring (bicyclic) bond motifs is 2. The second kappa shape index (κ2) is 3.46. The Morgan fingerprint density at radius 1 is 0.938 bits per heavy atom. The Balaban J connectivity index is 2.51. The standard InChI is InChI=1S/C15H11N/c1-2-11-7-5-9-15-13(11)10-12-6-3-4-8-14(12)16-15/h2-10H,1H2. The van der Waals surface area contributed by atoms with Gasteiger partial charge in [0.05, 0.1) is 11.0 Å². The first-order chi connectivity index (χ1) is 7.88. The Hall–Kier alpha value is -2.15. The van der Waals surface area contributed by atoms with Gasteiger partial charge < -0.3 is 0 Å². The van der Waals surface area contributed by atoms with Gasteiger partial charge in [-0.2, -0.15) is 0 Å². The highest BCUT2D eigenvalue weighted by Crippen LogP contribution is 2.23. The van der Waals surface area contributed by atoms with Crippen LogP contribution in [0.25, 0.3) is 27.9 Å². The minimum absolute atomic E-state index is 1.02. The van der Waals surface area contributed by atoms with Crippen LogP contribution in [-0.4, -0.2) is 4.98 Å². The molecule has 0 aliphatic rings. The summed E-state index contributed by atoms with van der Waals surface area (Å²) in [6.07, 6.45) is 1.87. The van der Waals surface area contributed by atoms with Crippen LogP contribution in [-0.2, 0) is 0 Å². The zero-order valence-electron chi connectivity index (χ0n) is 8.85. The highest BCUT2D eigenvalue weighted by Gasteiger charge is 2.01. The van der Waals surface area contributed by atoms with Gasteiger partial charge in [-0.1, -0.05) is 43.0 Å². The zero-order chi connectivity index (χ0) is 11.0. The average Bonchev–Trinajstić information content (AvgIpc) is 2.35. The van der Waals surface area contributed by atoms with Crippen LogP contribution in [0.3, 0.4) is 0 Å². The van der Waals surface area contributed by atoms with Crippen molar-refractivity contribution in [3.63, 3.8) is 0 Å². The van der Waals surface area contributed by atoms with Crippen LogP contribution in [0.2, 0.25) is 0 Å². The second-order valence-electron chi connectivity index (χ2n) is 3.80. The molecule has 3 rings (SSSR count). The van der Waals surface area contributed by atoms with E-state index in [0.29, 0.717) is 0 Å². The Morgan fingerprint density at radius 2 is 1.75 bits per heavy atom. The molecule has 0 aliphatic heterocycles. The summed E-state index contributed by atoms with van der Waals surface area (Å²) in [5.74, 6) is 0. The lowest BCUT2D eigenvalue weighted by molar-refractivity contribution is 1.49. The van der Waals surface area contributed by atoms with E-state index in [4.69, 9.17) is 0 Å². The van der Waals surface area contributed by atoms with Crippen molar-refractivity contribution in [1.29, 1.82) is 0 Å². The lowest BCUT2D eigenvalue weighted by Crippen LogP contribution is -1.84. The fourth-order valence-electron chi connectivity index (χ4n) is 2.00. The van der Waals surface area contributed by atoms with Crippen LogP contribution < -0.4 is 0 Å². The van der Waals surface area contributed by atoms with Crippen molar-refractivity contribution >= 4 is 27.9 Å². The van der Waals surface area contributed by atoms with E-state index in [1.165, 1.54) is 5.39 Å². The Bertz CT molecular complexity index is 683. The fourth-order valence-corrected chi connectivity index (χ4v) is 2.00. The third kappa shape index (κ3) is 1.29. The molecule has 0 spiro atoms. The number of hydrogen-bond acceptors (Lipinski definition) is 1. The molecule has 0 radical (unpaired) electrons. The summed E-state index contributed by atoms with van der Waals surface area (Å²) in [4.78, 5) is 4.64. The first-order valence-electron chi connectivity index (χ1n) is 5.29.